The lowest BCUT2D eigenvalue weighted by atomic mass is 10.2. The van der Waals surface area contributed by atoms with Gasteiger partial charge in [-0.15, -0.1) is 6.58 Å². The number of phenolic OH excluding ortho intramolecular Hbond substituents is 1. The number of aryl methyl sites for hydroxylation is 1. The fourth-order valence-corrected chi connectivity index (χ4v) is 3.41. The number of carbonyl (C=O) groups is 1. The molecule has 0 aliphatic carbocycles. The second-order valence-corrected chi connectivity index (χ2v) is 6.62. The van der Waals surface area contributed by atoms with E-state index in [2.05, 4.69) is 11.6 Å². The number of amides is 1. The molecule has 5 heteroatoms. The smallest absolute Gasteiger partial charge is 0.267 e. The van der Waals surface area contributed by atoms with Crippen molar-refractivity contribution < 1.29 is 9.90 Å². The number of carbonyl (C=O) groups excluding carboxylic acids is 1. The molecule has 1 aliphatic heterocycles. The molecule has 0 radical (unpaired) electrons. The molecule has 0 bridgehead atoms. The van der Waals surface area contributed by atoms with Crippen molar-refractivity contribution >= 4 is 34.6 Å². The molecule has 0 atom stereocenters. The first-order valence-electron chi connectivity index (χ1n) is 7.84. The number of aliphatic imine (C=N–C) groups is 1. The van der Waals surface area contributed by atoms with Crippen LogP contribution in [-0.2, 0) is 4.79 Å². The second kappa shape index (κ2) is 7.40. The van der Waals surface area contributed by atoms with Gasteiger partial charge in [-0.1, -0.05) is 42.5 Å². The topological polar surface area (TPSA) is 52.9 Å². The molecule has 1 saturated heterocycles. The lowest BCUT2D eigenvalue weighted by Crippen LogP contribution is -2.29. The highest BCUT2D eigenvalue weighted by Gasteiger charge is 2.32. The second-order valence-electron chi connectivity index (χ2n) is 5.61. The summed E-state index contributed by atoms with van der Waals surface area (Å²) in [5.74, 6) is -0.0151. The summed E-state index contributed by atoms with van der Waals surface area (Å²) in [5.41, 5.74) is 2.34. The van der Waals surface area contributed by atoms with Crippen LogP contribution in [0.15, 0.2) is 71.1 Å². The summed E-state index contributed by atoms with van der Waals surface area (Å²) >= 11 is 1.30. The maximum atomic E-state index is 12.7. The molecule has 0 spiro atoms. The normalized spacial score (nSPS) is 17.5. The summed E-state index contributed by atoms with van der Waals surface area (Å²) in [7, 11) is 0. The van der Waals surface area contributed by atoms with Crippen molar-refractivity contribution in [2.75, 3.05) is 6.54 Å². The van der Waals surface area contributed by atoms with Crippen LogP contribution in [0.2, 0.25) is 0 Å². The minimum atomic E-state index is -0.112. The van der Waals surface area contributed by atoms with Gasteiger partial charge in [-0.25, -0.2) is 4.99 Å². The van der Waals surface area contributed by atoms with Crippen LogP contribution in [0.4, 0.5) is 5.69 Å². The van der Waals surface area contributed by atoms with E-state index in [4.69, 9.17) is 0 Å². The Hall–Kier alpha value is -2.79. The molecule has 0 unspecified atom stereocenters. The molecular weight excluding hydrogens is 332 g/mol. The van der Waals surface area contributed by atoms with Gasteiger partial charge in [0.05, 0.1) is 4.91 Å². The van der Waals surface area contributed by atoms with Crippen LogP contribution in [0, 0.1) is 6.92 Å². The highest BCUT2D eigenvalue weighted by atomic mass is 32.2. The quantitative estimate of drug-likeness (QED) is 0.653. The average molecular weight is 350 g/mol. The Morgan fingerprint density at radius 2 is 2.00 bits per heavy atom. The van der Waals surface area contributed by atoms with Crippen LogP contribution in [0.3, 0.4) is 0 Å². The van der Waals surface area contributed by atoms with Crippen LogP contribution >= 0.6 is 11.8 Å². The van der Waals surface area contributed by atoms with E-state index in [9.17, 15) is 9.90 Å². The van der Waals surface area contributed by atoms with Gasteiger partial charge >= 0.3 is 0 Å². The molecular formula is C20H18N2O2S. The number of hydrogen-bond donors (Lipinski definition) is 1. The molecule has 1 fully saturated rings. The number of aromatic hydroxyl groups is 1. The molecule has 126 valence electrons. The minimum Gasteiger partial charge on any atom is -0.506 e. The number of rotatable bonds is 4. The lowest BCUT2D eigenvalue weighted by Gasteiger charge is -2.12. The standard InChI is InChI=1S/C20H18N2O2S/c1-3-11-22-19(24)18(13-15-7-5-4-6-8-15)25-20(22)21-16-10-9-14(2)12-17(16)23/h3-10,12-13,23H,1,11H2,2H3/b18-13-,21-20?. The van der Waals surface area contributed by atoms with Crippen molar-refractivity contribution in [3.8, 4) is 5.75 Å². The van der Waals surface area contributed by atoms with Crippen LogP contribution in [0.1, 0.15) is 11.1 Å². The molecule has 1 amide bonds. The van der Waals surface area contributed by atoms with Gasteiger partial charge in [-0.05, 0) is 48.0 Å². The van der Waals surface area contributed by atoms with Gasteiger partial charge in [0.15, 0.2) is 5.17 Å². The number of benzene rings is 2. The van der Waals surface area contributed by atoms with E-state index in [0.717, 1.165) is 11.1 Å². The molecule has 1 heterocycles. The highest BCUT2D eigenvalue weighted by Crippen LogP contribution is 2.36. The largest absolute Gasteiger partial charge is 0.506 e. The van der Waals surface area contributed by atoms with Gasteiger partial charge in [0.1, 0.15) is 11.4 Å². The van der Waals surface area contributed by atoms with Crippen molar-refractivity contribution in [3.63, 3.8) is 0 Å². The number of phenols is 1. The maximum Gasteiger partial charge on any atom is 0.267 e. The fourth-order valence-electron chi connectivity index (χ4n) is 2.41. The SMILES string of the molecule is C=CCN1C(=O)/C(=C/c2ccccc2)SC1=Nc1ccc(C)cc1O. The highest BCUT2D eigenvalue weighted by molar-refractivity contribution is 8.18. The van der Waals surface area contributed by atoms with Gasteiger partial charge in [-0.3, -0.25) is 9.69 Å². The van der Waals surface area contributed by atoms with Gasteiger partial charge in [0, 0.05) is 6.54 Å². The summed E-state index contributed by atoms with van der Waals surface area (Å²) in [5, 5.41) is 10.6. The molecule has 3 rings (SSSR count). The van der Waals surface area contributed by atoms with E-state index in [-0.39, 0.29) is 11.7 Å². The van der Waals surface area contributed by atoms with Crippen LogP contribution in [-0.4, -0.2) is 27.6 Å². The summed E-state index contributed by atoms with van der Waals surface area (Å²) in [6.07, 6.45) is 3.51. The Morgan fingerprint density at radius 3 is 2.68 bits per heavy atom. The maximum absolute atomic E-state index is 12.7. The predicted molar refractivity (Wildman–Crippen MR) is 104 cm³/mol. The lowest BCUT2D eigenvalue weighted by molar-refractivity contribution is -0.121. The van der Waals surface area contributed by atoms with Gasteiger partial charge in [0.25, 0.3) is 5.91 Å². The average Bonchev–Trinajstić information content (AvgIpc) is 2.88. The van der Waals surface area contributed by atoms with Crippen molar-refractivity contribution in [1.82, 2.24) is 4.90 Å². The van der Waals surface area contributed by atoms with E-state index >= 15 is 0 Å². The molecule has 2 aromatic rings. The van der Waals surface area contributed by atoms with Gasteiger partial charge < -0.3 is 5.11 Å². The van der Waals surface area contributed by atoms with E-state index in [1.54, 1.807) is 23.1 Å². The first-order chi connectivity index (χ1) is 12.1. The monoisotopic (exact) mass is 350 g/mol. The van der Waals surface area contributed by atoms with Gasteiger partial charge in [0.2, 0.25) is 0 Å². The zero-order valence-corrected chi connectivity index (χ0v) is 14.7. The van der Waals surface area contributed by atoms with Crippen LogP contribution < -0.4 is 0 Å². The number of nitrogens with zero attached hydrogens (tertiary/aromatic N) is 2. The molecule has 25 heavy (non-hydrogen) atoms. The first kappa shape index (κ1) is 17.0. The molecule has 0 aromatic heterocycles. The molecule has 1 N–H and O–H groups in total. The van der Waals surface area contributed by atoms with Crippen molar-refractivity contribution in [3.05, 3.63) is 77.2 Å². The zero-order valence-electron chi connectivity index (χ0n) is 13.8. The Labute approximate surface area is 151 Å². The molecule has 2 aromatic carbocycles. The number of amidine groups is 1. The van der Waals surface area contributed by atoms with Crippen molar-refractivity contribution in [1.29, 1.82) is 0 Å². The Morgan fingerprint density at radius 1 is 1.24 bits per heavy atom. The van der Waals surface area contributed by atoms with Crippen molar-refractivity contribution in [2.24, 2.45) is 4.99 Å². The Balaban J connectivity index is 1.98. The summed E-state index contributed by atoms with van der Waals surface area (Å²) in [6, 6.07) is 14.9. The Kier molecular flexibility index (Phi) is 5.05. The minimum absolute atomic E-state index is 0.0968. The summed E-state index contributed by atoms with van der Waals surface area (Å²) in [4.78, 5) is 19.3. The predicted octanol–water partition coefficient (Wildman–Crippen LogP) is 4.49. The number of hydrogen-bond acceptors (Lipinski definition) is 4. The third kappa shape index (κ3) is 3.83. The Bertz CT molecular complexity index is 873. The fraction of sp³-hybridized carbons (Fsp3) is 0.100. The van der Waals surface area contributed by atoms with E-state index in [1.165, 1.54) is 11.8 Å². The molecule has 1 aliphatic rings. The van der Waals surface area contributed by atoms with Gasteiger partial charge in [-0.2, -0.15) is 0 Å². The van der Waals surface area contributed by atoms with E-state index in [1.807, 2.05) is 49.4 Å². The van der Waals surface area contributed by atoms with Crippen molar-refractivity contribution in [2.45, 2.75) is 6.92 Å². The third-order valence-electron chi connectivity index (χ3n) is 3.64. The zero-order chi connectivity index (χ0) is 17.8. The summed E-state index contributed by atoms with van der Waals surface area (Å²) in [6.45, 7) is 5.97. The van der Waals surface area contributed by atoms with Crippen LogP contribution in [0.25, 0.3) is 6.08 Å². The first-order valence-corrected chi connectivity index (χ1v) is 8.66. The third-order valence-corrected chi connectivity index (χ3v) is 4.65. The van der Waals surface area contributed by atoms with E-state index in [0.29, 0.717) is 22.3 Å². The van der Waals surface area contributed by atoms with E-state index < -0.39 is 0 Å². The van der Waals surface area contributed by atoms with Crippen LogP contribution in [0.5, 0.6) is 5.75 Å². The molecule has 4 nitrogen and oxygen atoms in total. The summed E-state index contributed by atoms with van der Waals surface area (Å²) < 4.78 is 0. The molecule has 0 saturated carbocycles. The number of thioether (sulfide) groups is 1.